The van der Waals surface area contributed by atoms with Crippen LogP contribution in [0.4, 0.5) is 0 Å². The van der Waals surface area contributed by atoms with Crippen molar-refractivity contribution < 1.29 is 8.42 Å². The van der Waals surface area contributed by atoms with Gasteiger partial charge >= 0.3 is 0 Å². The normalized spacial score (nSPS) is 14.0. The van der Waals surface area contributed by atoms with Gasteiger partial charge in [0.15, 0.2) is 0 Å². The van der Waals surface area contributed by atoms with Gasteiger partial charge in [-0.15, -0.1) is 0 Å². The summed E-state index contributed by atoms with van der Waals surface area (Å²) in [6.07, 6.45) is 3.44. The van der Waals surface area contributed by atoms with E-state index in [1.54, 1.807) is 23.9 Å². The number of nitrogens with two attached hydrogens (primary N) is 1. The van der Waals surface area contributed by atoms with Crippen molar-refractivity contribution in [2.24, 2.45) is 18.7 Å². The Morgan fingerprint density at radius 3 is 2.42 bits per heavy atom. The largest absolute Gasteiger partial charge is 0.352 e. The van der Waals surface area contributed by atoms with Crippen LogP contribution < -0.4 is 10.5 Å². The molecule has 0 saturated heterocycles. The molecule has 1 rings (SSSR count). The van der Waals surface area contributed by atoms with Crippen LogP contribution in [-0.2, 0) is 23.6 Å². The second kappa shape index (κ2) is 6.54. The first-order valence-corrected chi connectivity index (χ1v) is 8.12. The van der Waals surface area contributed by atoms with Gasteiger partial charge in [-0.3, -0.25) is 0 Å². The molecule has 5 nitrogen and oxygen atoms in total. The van der Waals surface area contributed by atoms with Crippen LogP contribution in [0.15, 0.2) is 17.2 Å². The minimum absolute atomic E-state index is 0.0612. The van der Waals surface area contributed by atoms with E-state index >= 15 is 0 Å². The van der Waals surface area contributed by atoms with Gasteiger partial charge in [0, 0.05) is 31.5 Å². The Balaban J connectivity index is 2.74. The quantitative estimate of drug-likeness (QED) is 0.799. The van der Waals surface area contributed by atoms with E-state index < -0.39 is 10.0 Å². The molecule has 110 valence electrons. The molecule has 1 heterocycles. The van der Waals surface area contributed by atoms with Crippen LogP contribution in [0.3, 0.4) is 0 Å². The van der Waals surface area contributed by atoms with Crippen LogP contribution >= 0.6 is 0 Å². The SMILES string of the molecule is CC(C)CCC(C)NS(=O)(=O)c1cc(CN)n(C)c1. The van der Waals surface area contributed by atoms with Crippen molar-refractivity contribution >= 4 is 10.0 Å². The average Bonchev–Trinajstić information content (AvgIpc) is 2.68. The predicted molar refractivity (Wildman–Crippen MR) is 77.2 cm³/mol. The third-order valence-corrected chi connectivity index (χ3v) is 4.69. The molecule has 1 aromatic heterocycles. The Hall–Kier alpha value is -0.850. The maximum absolute atomic E-state index is 12.2. The first-order valence-electron chi connectivity index (χ1n) is 6.64. The summed E-state index contributed by atoms with van der Waals surface area (Å²) in [7, 11) is -1.65. The van der Waals surface area contributed by atoms with Crippen molar-refractivity contribution in [1.29, 1.82) is 0 Å². The maximum Gasteiger partial charge on any atom is 0.242 e. The highest BCUT2D eigenvalue weighted by Gasteiger charge is 2.19. The fraction of sp³-hybridized carbons (Fsp3) is 0.692. The summed E-state index contributed by atoms with van der Waals surface area (Å²) in [5.41, 5.74) is 6.35. The Labute approximate surface area is 116 Å². The molecule has 0 aromatic carbocycles. The molecular formula is C13H25N3O2S. The Bertz CT molecular complexity index is 506. The summed E-state index contributed by atoms with van der Waals surface area (Å²) in [4.78, 5) is 0.284. The molecule has 1 atom stereocenters. The van der Waals surface area contributed by atoms with Crippen molar-refractivity contribution in [3.8, 4) is 0 Å². The first-order chi connectivity index (χ1) is 8.76. The second-order valence-electron chi connectivity index (χ2n) is 5.48. The Morgan fingerprint density at radius 2 is 1.95 bits per heavy atom. The van der Waals surface area contributed by atoms with E-state index in [0.29, 0.717) is 12.5 Å². The van der Waals surface area contributed by atoms with Gasteiger partial charge in [0.1, 0.15) is 0 Å². The zero-order chi connectivity index (χ0) is 14.6. The molecule has 0 bridgehead atoms. The highest BCUT2D eigenvalue weighted by molar-refractivity contribution is 7.89. The fourth-order valence-electron chi connectivity index (χ4n) is 1.90. The van der Waals surface area contributed by atoms with Gasteiger partial charge in [-0.1, -0.05) is 13.8 Å². The van der Waals surface area contributed by atoms with Crippen molar-refractivity contribution in [3.05, 3.63) is 18.0 Å². The van der Waals surface area contributed by atoms with Gasteiger partial charge in [0.05, 0.1) is 4.90 Å². The van der Waals surface area contributed by atoms with E-state index in [4.69, 9.17) is 5.73 Å². The van der Waals surface area contributed by atoms with Crippen LogP contribution in [0.5, 0.6) is 0 Å². The molecule has 0 saturated carbocycles. The van der Waals surface area contributed by atoms with Crippen LogP contribution in [-0.4, -0.2) is 19.0 Å². The minimum atomic E-state index is -3.45. The summed E-state index contributed by atoms with van der Waals surface area (Å²) in [5.74, 6) is 0.576. The Morgan fingerprint density at radius 1 is 1.32 bits per heavy atom. The van der Waals surface area contributed by atoms with Crippen molar-refractivity contribution in [2.75, 3.05) is 0 Å². The third kappa shape index (κ3) is 4.63. The lowest BCUT2D eigenvalue weighted by Gasteiger charge is -2.14. The molecule has 0 fully saturated rings. The molecular weight excluding hydrogens is 262 g/mol. The molecule has 1 unspecified atom stereocenters. The topological polar surface area (TPSA) is 77.1 Å². The van der Waals surface area contributed by atoms with E-state index in [1.807, 2.05) is 6.92 Å². The summed E-state index contributed by atoms with van der Waals surface area (Å²) in [6.45, 7) is 6.49. The molecule has 0 aliphatic heterocycles. The maximum atomic E-state index is 12.2. The predicted octanol–water partition coefficient (Wildman–Crippen LogP) is 1.59. The third-order valence-electron chi connectivity index (χ3n) is 3.14. The monoisotopic (exact) mass is 287 g/mol. The molecule has 19 heavy (non-hydrogen) atoms. The number of nitrogens with zero attached hydrogens (tertiary/aromatic N) is 1. The second-order valence-corrected chi connectivity index (χ2v) is 7.19. The van der Waals surface area contributed by atoms with E-state index in [-0.39, 0.29) is 10.9 Å². The molecule has 6 heteroatoms. The summed E-state index contributed by atoms with van der Waals surface area (Å²) in [5, 5.41) is 0. The van der Waals surface area contributed by atoms with Crippen LogP contribution in [0.2, 0.25) is 0 Å². The van der Waals surface area contributed by atoms with Gasteiger partial charge in [-0.05, 0) is 31.7 Å². The van der Waals surface area contributed by atoms with Crippen molar-refractivity contribution in [2.45, 2.75) is 51.1 Å². The van der Waals surface area contributed by atoms with Crippen molar-refractivity contribution in [3.63, 3.8) is 0 Å². The number of hydrogen-bond donors (Lipinski definition) is 2. The highest BCUT2D eigenvalue weighted by atomic mass is 32.2. The van der Waals surface area contributed by atoms with E-state index in [9.17, 15) is 8.42 Å². The molecule has 0 aliphatic carbocycles. The standard InChI is InChI=1S/C13H25N3O2S/c1-10(2)5-6-11(3)15-19(17,18)13-7-12(8-14)16(4)9-13/h7,9-11,15H,5-6,8,14H2,1-4H3. The fourth-order valence-corrected chi connectivity index (χ4v) is 3.27. The number of hydrogen-bond acceptors (Lipinski definition) is 3. The zero-order valence-electron chi connectivity index (χ0n) is 12.2. The number of aromatic nitrogens is 1. The first kappa shape index (κ1) is 16.2. The molecule has 1 aromatic rings. The lowest BCUT2D eigenvalue weighted by molar-refractivity contribution is 0.485. The zero-order valence-corrected chi connectivity index (χ0v) is 13.0. The molecule has 0 amide bonds. The van der Waals surface area contributed by atoms with Crippen molar-refractivity contribution in [1.82, 2.24) is 9.29 Å². The number of nitrogens with one attached hydrogen (secondary N) is 1. The summed E-state index contributed by atoms with van der Waals surface area (Å²) >= 11 is 0. The molecule has 0 aliphatic rings. The van der Waals surface area contributed by atoms with Gasteiger partial charge < -0.3 is 10.3 Å². The summed E-state index contributed by atoms with van der Waals surface area (Å²) in [6, 6.07) is 1.56. The Kier molecular flexibility index (Phi) is 5.58. The van der Waals surface area contributed by atoms with Crippen LogP contribution in [0.25, 0.3) is 0 Å². The lowest BCUT2D eigenvalue weighted by atomic mass is 10.1. The van der Waals surface area contributed by atoms with Gasteiger partial charge in [0.2, 0.25) is 10.0 Å². The highest BCUT2D eigenvalue weighted by Crippen LogP contribution is 2.15. The smallest absolute Gasteiger partial charge is 0.242 e. The van der Waals surface area contributed by atoms with Crippen LogP contribution in [0, 0.1) is 5.92 Å². The summed E-state index contributed by atoms with van der Waals surface area (Å²) < 4.78 is 28.9. The van der Waals surface area contributed by atoms with Gasteiger partial charge in [-0.25, -0.2) is 13.1 Å². The van der Waals surface area contributed by atoms with E-state index in [0.717, 1.165) is 18.5 Å². The lowest BCUT2D eigenvalue weighted by Crippen LogP contribution is -2.32. The molecule has 0 spiro atoms. The minimum Gasteiger partial charge on any atom is -0.352 e. The van der Waals surface area contributed by atoms with Gasteiger partial charge in [0.25, 0.3) is 0 Å². The van der Waals surface area contributed by atoms with E-state index in [2.05, 4.69) is 18.6 Å². The molecule has 3 N–H and O–H groups in total. The number of rotatable bonds is 7. The average molecular weight is 287 g/mol. The van der Waals surface area contributed by atoms with Crippen LogP contribution in [0.1, 0.15) is 39.3 Å². The molecule has 0 radical (unpaired) electrons. The van der Waals surface area contributed by atoms with Gasteiger partial charge in [-0.2, -0.15) is 0 Å². The number of sulfonamides is 1. The van der Waals surface area contributed by atoms with E-state index in [1.165, 1.54) is 0 Å². The number of aryl methyl sites for hydroxylation is 1.